The topological polar surface area (TPSA) is 56.3 Å². The molecule has 4 nitrogen and oxygen atoms in total. The van der Waals surface area contributed by atoms with Crippen LogP contribution in [-0.4, -0.2) is 28.1 Å². The van der Waals surface area contributed by atoms with Crippen LogP contribution < -0.4 is 0 Å². The third kappa shape index (κ3) is 1.79. The van der Waals surface area contributed by atoms with Gasteiger partial charge in [-0.2, -0.15) is 0 Å². The number of carboxylic acid groups (broad SMARTS) is 1. The predicted octanol–water partition coefficient (Wildman–Crippen LogP) is 2.28. The molecular formula is C11H12N2O2. The van der Waals surface area contributed by atoms with Crippen LogP contribution in [-0.2, 0) is 6.54 Å². The van der Waals surface area contributed by atoms with Gasteiger partial charge in [-0.3, -0.25) is 0 Å². The summed E-state index contributed by atoms with van der Waals surface area (Å²) in [6, 6.07) is 7.85. The van der Waals surface area contributed by atoms with Gasteiger partial charge in [-0.15, -0.1) is 0 Å². The number of fused-ring (bicyclic) bond motifs is 1. The van der Waals surface area contributed by atoms with Gasteiger partial charge in [-0.1, -0.05) is 18.2 Å². The fraction of sp³-hybridized carbons (Fsp3) is 0.182. The maximum Gasteiger partial charge on any atom is 0.407 e. The van der Waals surface area contributed by atoms with E-state index in [0.29, 0.717) is 6.54 Å². The van der Waals surface area contributed by atoms with Crippen molar-refractivity contribution in [2.24, 2.45) is 0 Å². The quantitative estimate of drug-likeness (QED) is 0.788. The number of nitrogens with zero attached hydrogens (tertiary/aromatic N) is 1. The summed E-state index contributed by atoms with van der Waals surface area (Å²) in [7, 11) is 1.56. The Balaban J connectivity index is 2.32. The minimum absolute atomic E-state index is 0.402. The summed E-state index contributed by atoms with van der Waals surface area (Å²) >= 11 is 0. The van der Waals surface area contributed by atoms with Crippen LogP contribution in [0.2, 0.25) is 0 Å². The molecule has 0 fully saturated rings. The fourth-order valence-corrected chi connectivity index (χ4v) is 1.59. The Kier molecular flexibility index (Phi) is 2.33. The van der Waals surface area contributed by atoms with Gasteiger partial charge in [0.1, 0.15) is 0 Å². The van der Waals surface area contributed by atoms with Gasteiger partial charge < -0.3 is 15.0 Å². The Morgan fingerprint density at radius 3 is 2.93 bits per heavy atom. The summed E-state index contributed by atoms with van der Waals surface area (Å²) in [5.74, 6) is 0. The molecule has 0 spiro atoms. The first-order valence-electron chi connectivity index (χ1n) is 4.67. The number of aromatic nitrogens is 1. The Labute approximate surface area is 87.1 Å². The number of hydrogen-bond acceptors (Lipinski definition) is 1. The monoisotopic (exact) mass is 204 g/mol. The summed E-state index contributed by atoms with van der Waals surface area (Å²) in [6.45, 7) is 0.402. The lowest BCUT2D eigenvalue weighted by Crippen LogP contribution is -2.23. The third-order valence-corrected chi connectivity index (χ3v) is 2.41. The van der Waals surface area contributed by atoms with E-state index in [1.165, 1.54) is 4.90 Å². The van der Waals surface area contributed by atoms with E-state index in [4.69, 9.17) is 5.11 Å². The zero-order chi connectivity index (χ0) is 10.8. The van der Waals surface area contributed by atoms with Gasteiger partial charge in [0.25, 0.3) is 0 Å². The number of hydrogen-bond donors (Lipinski definition) is 2. The molecule has 2 rings (SSSR count). The van der Waals surface area contributed by atoms with Crippen molar-refractivity contribution >= 4 is 17.0 Å². The molecule has 2 N–H and O–H groups in total. The van der Waals surface area contributed by atoms with E-state index in [1.54, 1.807) is 7.05 Å². The molecule has 0 unspecified atom stereocenters. The van der Waals surface area contributed by atoms with Gasteiger partial charge in [-0.25, -0.2) is 4.79 Å². The van der Waals surface area contributed by atoms with Crippen LogP contribution in [0.4, 0.5) is 4.79 Å². The predicted molar refractivity (Wildman–Crippen MR) is 57.8 cm³/mol. The summed E-state index contributed by atoms with van der Waals surface area (Å²) in [6.07, 6.45) is 0.935. The molecule has 4 heteroatoms. The Bertz CT molecular complexity index is 490. The lowest BCUT2D eigenvalue weighted by molar-refractivity contribution is 0.154. The molecule has 2 aromatic rings. The first-order valence-corrected chi connectivity index (χ1v) is 4.67. The molecule has 0 radical (unpaired) electrons. The van der Waals surface area contributed by atoms with Crippen LogP contribution in [0, 0.1) is 0 Å². The van der Waals surface area contributed by atoms with Crippen molar-refractivity contribution in [3.8, 4) is 0 Å². The third-order valence-electron chi connectivity index (χ3n) is 2.41. The molecule has 1 amide bonds. The van der Waals surface area contributed by atoms with Gasteiger partial charge >= 0.3 is 6.09 Å². The Morgan fingerprint density at radius 1 is 1.47 bits per heavy atom. The van der Waals surface area contributed by atoms with E-state index < -0.39 is 6.09 Å². The highest BCUT2D eigenvalue weighted by atomic mass is 16.4. The summed E-state index contributed by atoms with van der Waals surface area (Å²) in [5.41, 5.74) is 2.03. The maximum atomic E-state index is 10.7. The molecule has 0 bridgehead atoms. The number of H-pyrrole nitrogens is 1. The van der Waals surface area contributed by atoms with Crippen molar-refractivity contribution < 1.29 is 9.90 Å². The fourth-order valence-electron chi connectivity index (χ4n) is 1.59. The van der Waals surface area contributed by atoms with Crippen molar-refractivity contribution in [2.45, 2.75) is 6.54 Å². The number of benzene rings is 1. The number of aromatic amines is 1. The van der Waals surface area contributed by atoms with Gasteiger partial charge in [0, 0.05) is 24.1 Å². The summed E-state index contributed by atoms with van der Waals surface area (Å²) in [4.78, 5) is 15.0. The van der Waals surface area contributed by atoms with E-state index in [0.717, 1.165) is 16.5 Å². The first kappa shape index (κ1) is 9.58. The normalized spacial score (nSPS) is 10.5. The van der Waals surface area contributed by atoms with Crippen LogP contribution in [0.15, 0.2) is 30.5 Å². The Morgan fingerprint density at radius 2 is 2.20 bits per heavy atom. The van der Waals surface area contributed by atoms with E-state index in [-0.39, 0.29) is 0 Å². The molecule has 1 aromatic heterocycles. The minimum atomic E-state index is -0.916. The smallest absolute Gasteiger partial charge is 0.407 e. The zero-order valence-electron chi connectivity index (χ0n) is 8.40. The lowest BCUT2D eigenvalue weighted by Gasteiger charge is -2.11. The van der Waals surface area contributed by atoms with Crippen molar-refractivity contribution in [3.05, 3.63) is 36.0 Å². The largest absolute Gasteiger partial charge is 0.465 e. The highest BCUT2D eigenvalue weighted by Crippen LogP contribution is 2.18. The first-order chi connectivity index (χ1) is 7.18. The van der Waals surface area contributed by atoms with Gasteiger partial charge in [0.2, 0.25) is 0 Å². The van der Waals surface area contributed by atoms with Gasteiger partial charge in [0.15, 0.2) is 0 Å². The Hall–Kier alpha value is -1.97. The molecule has 1 heterocycles. The zero-order valence-corrected chi connectivity index (χ0v) is 8.40. The average Bonchev–Trinajstić information content (AvgIpc) is 2.62. The maximum absolute atomic E-state index is 10.7. The van der Waals surface area contributed by atoms with Crippen LogP contribution in [0.1, 0.15) is 5.56 Å². The highest BCUT2D eigenvalue weighted by Gasteiger charge is 2.09. The second kappa shape index (κ2) is 3.65. The SMILES string of the molecule is CN(Cc1c[nH]c2ccccc12)C(=O)O. The van der Waals surface area contributed by atoms with Crippen LogP contribution in [0.3, 0.4) is 0 Å². The number of nitrogens with one attached hydrogen (secondary N) is 1. The number of para-hydroxylation sites is 1. The summed E-state index contributed by atoms with van der Waals surface area (Å²) < 4.78 is 0. The van der Waals surface area contributed by atoms with E-state index in [1.807, 2.05) is 30.5 Å². The molecule has 0 atom stereocenters. The number of carbonyl (C=O) groups is 1. The highest BCUT2D eigenvalue weighted by molar-refractivity contribution is 5.83. The van der Waals surface area contributed by atoms with Crippen LogP contribution in [0.5, 0.6) is 0 Å². The standard InChI is InChI=1S/C11H12N2O2/c1-13(11(14)15)7-8-6-12-10-5-3-2-4-9(8)10/h2-6,12H,7H2,1H3,(H,14,15). The van der Waals surface area contributed by atoms with Crippen molar-refractivity contribution in [1.29, 1.82) is 0 Å². The second-order valence-corrected chi connectivity index (χ2v) is 3.50. The lowest BCUT2D eigenvalue weighted by atomic mass is 10.2. The molecule has 0 saturated carbocycles. The van der Waals surface area contributed by atoms with Crippen LogP contribution >= 0.6 is 0 Å². The molecule has 0 saturated heterocycles. The minimum Gasteiger partial charge on any atom is -0.465 e. The van der Waals surface area contributed by atoms with E-state index in [2.05, 4.69) is 4.98 Å². The molecule has 1 aromatic carbocycles. The van der Waals surface area contributed by atoms with Crippen LogP contribution in [0.25, 0.3) is 10.9 Å². The average molecular weight is 204 g/mol. The van der Waals surface area contributed by atoms with Crippen molar-refractivity contribution in [2.75, 3.05) is 7.05 Å². The summed E-state index contributed by atoms with van der Waals surface area (Å²) in [5, 5.41) is 9.84. The number of rotatable bonds is 2. The molecule has 15 heavy (non-hydrogen) atoms. The number of amides is 1. The van der Waals surface area contributed by atoms with Gasteiger partial charge in [-0.05, 0) is 11.6 Å². The van der Waals surface area contributed by atoms with Crippen molar-refractivity contribution in [3.63, 3.8) is 0 Å². The molecule has 0 aliphatic rings. The van der Waals surface area contributed by atoms with E-state index in [9.17, 15) is 4.79 Å². The van der Waals surface area contributed by atoms with E-state index >= 15 is 0 Å². The second-order valence-electron chi connectivity index (χ2n) is 3.50. The molecular weight excluding hydrogens is 192 g/mol. The van der Waals surface area contributed by atoms with Gasteiger partial charge in [0.05, 0.1) is 6.54 Å². The van der Waals surface area contributed by atoms with Crippen molar-refractivity contribution in [1.82, 2.24) is 9.88 Å². The molecule has 0 aliphatic carbocycles. The molecule has 0 aliphatic heterocycles. The molecule has 78 valence electrons.